The molecule has 0 aliphatic heterocycles. The third-order valence-corrected chi connectivity index (χ3v) is 5.10. The van der Waals surface area contributed by atoms with Gasteiger partial charge in [0.2, 0.25) is 11.7 Å². The van der Waals surface area contributed by atoms with Gasteiger partial charge in [0.25, 0.3) is 0 Å². The molecular weight excluding hydrogens is 437 g/mol. The number of rotatable bonds is 10. The fourth-order valence-electron chi connectivity index (χ4n) is 3.56. The molecule has 176 valence electrons. The van der Waals surface area contributed by atoms with Crippen molar-refractivity contribution in [2.75, 3.05) is 33.2 Å². The van der Waals surface area contributed by atoms with Gasteiger partial charge in [0.05, 0.1) is 39.5 Å². The fraction of sp³-hybridized carbons (Fsp3) is 0.231. The zero-order valence-electron chi connectivity index (χ0n) is 19.3. The Labute approximate surface area is 198 Å². The molecule has 0 saturated heterocycles. The van der Waals surface area contributed by atoms with Crippen LogP contribution in [0.4, 0.5) is 10.1 Å². The highest BCUT2D eigenvalue weighted by atomic mass is 19.1. The molecule has 8 heteroatoms. The molecule has 0 radical (unpaired) electrons. The number of nitrogens with zero attached hydrogens (tertiary/aromatic N) is 2. The highest BCUT2D eigenvalue weighted by Gasteiger charge is 2.17. The Morgan fingerprint density at radius 2 is 1.59 bits per heavy atom. The summed E-state index contributed by atoms with van der Waals surface area (Å²) >= 11 is 0. The van der Waals surface area contributed by atoms with Gasteiger partial charge in [-0.25, -0.2) is 4.39 Å². The van der Waals surface area contributed by atoms with Crippen LogP contribution in [0.15, 0.2) is 60.7 Å². The number of nitrogens with one attached hydrogen (secondary N) is 1. The molecule has 0 aliphatic rings. The van der Waals surface area contributed by atoms with Gasteiger partial charge in [0, 0.05) is 30.9 Å². The van der Waals surface area contributed by atoms with E-state index in [-0.39, 0.29) is 18.3 Å². The molecule has 7 nitrogen and oxygen atoms in total. The molecule has 0 unspecified atom stereocenters. The third kappa shape index (κ3) is 6.47. The van der Waals surface area contributed by atoms with E-state index in [9.17, 15) is 9.18 Å². The number of ether oxygens (including phenoxy) is 3. The summed E-state index contributed by atoms with van der Waals surface area (Å²) in [4.78, 5) is 14.8. The van der Waals surface area contributed by atoms with Gasteiger partial charge in [0.15, 0.2) is 11.5 Å². The summed E-state index contributed by atoms with van der Waals surface area (Å²) in [6.07, 6.45) is 0. The fourth-order valence-corrected chi connectivity index (χ4v) is 3.56. The molecule has 3 aromatic carbocycles. The number of halogens is 1. The molecule has 0 heterocycles. The molecule has 0 bridgehead atoms. The molecule has 3 rings (SSSR count). The predicted molar refractivity (Wildman–Crippen MR) is 126 cm³/mol. The Kier molecular flexibility index (Phi) is 8.43. The number of nitriles is 1. The number of anilines is 1. The molecule has 1 N–H and O–H groups in total. The summed E-state index contributed by atoms with van der Waals surface area (Å²) in [5.41, 5.74) is 2.72. The number of hydrogen-bond donors (Lipinski definition) is 1. The van der Waals surface area contributed by atoms with Crippen molar-refractivity contribution in [3.8, 4) is 23.3 Å². The largest absolute Gasteiger partial charge is 0.493 e. The minimum Gasteiger partial charge on any atom is -0.493 e. The van der Waals surface area contributed by atoms with Crippen molar-refractivity contribution in [2.45, 2.75) is 13.1 Å². The zero-order chi connectivity index (χ0) is 24.5. The van der Waals surface area contributed by atoms with Gasteiger partial charge in [-0.3, -0.25) is 9.69 Å². The van der Waals surface area contributed by atoms with Crippen molar-refractivity contribution in [2.24, 2.45) is 0 Å². The van der Waals surface area contributed by atoms with Crippen LogP contribution in [0.1, 0.15) is 16.7 Å². The Bertz CT molecular complexity index is 1150. The second kappa shape index (κ2) is 11.7. The average molecular weight is 464 g/mol. The van der Waals surface area contributed by atoms with Crippen molar-refractivity contribution in [1.29, 1.82) is 5.26 Å². The van der Waals surface area contributed by atoms with Crippen molar-refractivity contribution < 1.29 is 23.4 Å². The van der Waals surface area contributed by atoms with Gasteiger partial charge in [-0.05, 0) is 35.4 Å². The predicted octanol–water partition coefficient (Wildman–Crippen LogP) is 4.36. The van der Waals surface area contributed by atoms with E-state index in [1.165, 1.54) is 33.5 Å². The SMILES string of the molecule is COc1cc(NC(=O)CN(Cc2ccc(C#N)cc2)Cc2cccc(F)c2)cc(OC)c1OC. The third-order valence-electron chi connectivity index (χ3n) is 5.10. The van der Waals surface area contributed by atoms with Crippen LogP contribution < -0.4 is 19.5 Å². The Hall–Kier alpha value is -4.09. The Morgan fingerprint density at radius 3 is 2.15 bits per heavy atom. The van der Waals surface area contributed by atoms with Gasteiger partial charge in [-0.15, -0.1) is 0 Å². The monoisotopic (exact) mass is 463 g/mol. The second-order valence-corrected chi connectivity index (χ2v) is 7.55. The molecular formula is C26H26FN3O4. The highest BCUT2D eigenvalue weighted by molar-refractivity contribution is 5.93. The normalized spacial score (nSPS) is 10.5. The van der Waals surface area contributed by atoms with Crippen LogP contribution in [0, 0.1) is 17.1 Å². The first-order chi connectivity index (χ1) is 16.4. The number of methoxy groups -OCH3 is 3. The molecule has 1 amide bonds. The summed E-state index contributed by atoms with van der Waals surface area (Å²) in [5, 5.41) is 11.9. The number of benzene rings is 3. The summed E-state index contributed by atoms with van der Waals surface area (Å²) in [6.45, 7) is 0.846. The van der Waals surface area contributed by atoms with Crippen molar-refractivity contribution in [1.82, 2.24) is 4.90 Å². The van der Waals surface area contributed by atoms with E-state index < -0.39 is 0 Å². The minimum absolute atomic E-state index is 0.0488. The number of hydrogen-bond acceptors (Lipinski definition) is 6. The van der Waals surface area contributed by atoms with Crippen molar-refractivity contribution >= 4 is 11.6 Å². The van der Waals surface area contributed by atoms with Gasteiger partial charge < -0.3 is 19.5 Å². The first-order valence-electron chi connectivity index (χ1n) is 10.5. The van der Waals surface area contributed by atoms with Crippen LogP contribution in [0.2, 0.25) is 0 Å². The molecule has 0 spiro atoms. The highest BCUT2D eigenvalue weighted by Crippen LogP contribution is 2.39. The van der Waals surface area contributed by atoms with Crippen LogP contribution in [0.3, 0.4) is 0 Å². The summed E-state index contributed by atoms with van der Waals surface area (Å²) in [6, 6.07) is 18.8. The van der Waals surface area contributed by atoms with E-state index in [0.29, 0.717) is 41.6 Å². The van der Waals surface area contributed by atoms with Crippen LogP contribution in [0.25, 0.3) is 0 Å². The van der Waals surface area contributed by atoms with Gasteiger partial charge in [-0.2, -0.15) is 5.26 Å². The maximum absolute atomic E-state index is 13.7. The minimum atomic E-state index is -0.335. The Balaban J connectivity index is 1.79. The Morgan fingerprint density at radius 1 is 0.941 bits per heavy atom. The lowest BCUT2D eigenvalue weighted by atomic mass is 10.1. The van der Waals surface area contributed by atoms with Gasteiger partial charge in [-0.1, -0.05) is 24.3 Å². The topological polar surface area (TPSA) is 83.8 Å². The van der Waals surface area contributed by atoms with Crippen LogP contribution in [-0.2, 0) is 17.9 Å². The lowest BCUT2D eigenvalue weighted by Gasteiger charge is -2.22. The van der Waals surface area contributed by atoms with Crippen LogP contribution in [0.5, 0.6) is 17.2 Å². The smallest absolute Gasteiger partial charge is 0.238 e. The first kappa shape index (κ1) is 24.6. The quantitative estimate of drug-likeness (QED) is 0.481. The zero-order valence-corrected chi connectivity index (χ0v) is 19.3. The molecule has 0 fully saturated rings. The molecule has 0 aromatic heterocycles. The van der Waals surface area contributed by atoms with E-state index in [4.69, 9.17) is 19.5 Å². The molecule has 0 saturated carbocycles. The van der Waals surface area contributed by atoms with Crippen molar-refractivity contribution in [3.05, 3.63) is 83.2 Å². The van der Waals surface area contributed by atoms with E-state index in [0.717, 1.165) is 11.1 Å². The maximum Gasteiger partial charge on any atom is 0.238 e. The van der Waals surface area contributed by atoms with Crippen LogP contribution in [-0.4, -0.2) is 38.7 Å². The van der Waals surface area contributed by atoms with Crippen molar-refractivity contribution in [3.63, 3.8) is 0 Å². The summed E-state index contributed by atoms with van der Waals surface area (Å²) in [7, 11) is 4.51. The number of carbonyl (C=O) groups is 1. The number of amides is 1. The molecule has 0 aliphatic carbocycles. The van der Waals surface area contributed by atoms with Gasteiger partial charge in [0.1, 0.15) is 5.82 Å². The lowest BCUT2D eigenvalue weighted by molar-refractivity contribution is -0.117. The standard InChI is InChI=1S/C26H26FN3O4/c1-32-23-12-22(13-24(33-2)26(23)34-3)29-25(31)17-30(16-20-5-4-6-21(27)11-20)15-19-9-7-18(14-28)8-10-19/h4-13H,15-17H2,1-3H3,(H,29,31). The van der Waals surface area contributed by atoms with E-state index in [1.807, 2.05) is 23.1 Å². The van der Waals surface area contributed by atoms with Crippen LogP contribution >= 0.6 is 0 Å². The molecule has 3 aromatic rings. The van der Waals surface area contributed by atoms with E-state index >= 15 is 0 Å². The molecule has 0 atom stereocenters. The summed E-state index contributed by atoms with van der Waals surface area (Å²) < 4.78 is 29.7. The maximum atomic E-state index is 13.7. The van der Waals surface area contributed by atoms with Gasteiger partial charge >= 0.3 is 0 Å². The number of carbonyl (C=O) groups excluding carboxylic acids is 1. The average Bonchev–Trinajstić information content (AvgIpc) is 2.83. The second-order valence-electron chi connectivity index (χ2n) is 7.55. The first-order valence-corrected chi connectivity index (χ1v) is 10.5. The van der Waals surface area contributed by atoms with E-state index in [1.54, 1.807) is 30.3 Å². The molecule has 34 heavy (non-hydrogen) atoms. The lowest BCUT2D eigenvalue weighted by Crippen LogP contribution is -2.32. The summed E-state index contributed by atoms with van der Waals surface area (Å²) in [5.74, 6) is 0.672. The van der Waals surface area contributed by atoms with E-state index in [2.05, 4.69) is 11.4 Å².